The summed E-state index contributed by atoms with van der Waals surface area (Å²) in [6.07, 6.45) is 26.3. The highest BCUT2D eigenvalue weighted by molar-refractivity contribution is 7.89. The second kappa shape index (κ2) is 35.2. The minimum Gasteiger partial charge on any atom is -0.330 e. The van der Waals surface area contributed by atoms with Crippen LogP contribution in [0.5, 0.6) is 0 Å². The lowest BCUT2D eigenvalue weighted by Gasteiger charge is -2.08. The Morgan fingerprint density at radius 3 is 1.23 bits per heavy atom. The molecular weight excluding hydrogens is 542 g/mol. The number of hydrogen-bond acceptors (Lipinski definition) is 6. The van der Waals surface area contributed by atoms with Gasteiger partial charge in [-0.05, 0) is 84.3 Å². The van der Waals surface area contributed by atoms with E-state index in [0.717, 1.165) is 77.9 Å². The molecule has 6 N–H and O–H groups in total. The van der Waals surface area contributed by atoms with Gasteiger partial charge in [-0.25, -0.2) is 13.1 Å². The number of nitrogens with one attached hydrogen (secondary N) is 4. The Kier molecular flexibility index (Phi) is 37.2. The molecule has 0 fully saturated rings. The van der Waals surface area contributed by atoms with Crippen LogP contribution in [0.15, 0.2) is 0 Å². The summed E-state index contributed by atoms with van der Waals surface area (Å²) in [6.45, 7) is 9.60. The number of hydrogen-bond donors (Lipinski definition) is 5. The normalized spacial score (nSPS) is 11.7. The fraction of sp³-hybridized carbons (Fsp3) is 1.00. The second-order valence-electron chi connectivity index (χ2n) is 11.3. The molecule has 0 unspecified atom stereocenters. The molecular formula is C31H70ClN5O2S. The van der Waals surface area contributed by atoms with Crippen LogP contribution in [-0.2, 0) is 10.0 Å². The maximum absolute atomic E-state index is 12.2. The number of sulfonamides is 1. The zero-order valence-corrected chi connectivity index (χ0v) is 28.1. The van der Waals surface area contributed by atoms with Gasteiger partial charge in [0.25, 0.3) is 0 Å². The zero-order chi connectivity index (χ0) is 28.5. The van der Waals surface area contributed by atoms with Gasteiger partial charge in [0.1, 0.15) is 0 Å². The molecule has 0 rings (SSSR count). The third-order valence-electron chi connectivity index (χ3n) is 7.34. The standard InChI is InChI=1S/C31H69N5O2S.ClH/c1-2-3-4-5-6-7-8-9-10-11-12-13-14-15-16-19-31-39(37,38)36-30-22-29-35-28-21-27-34-25-18-17-24-33-26-20-23-32;/h33-36H,2-32H2,1H3;1H. The summed E-state index contributed by atoms with van der Waals surface area (Å²) >= 11 is 0. The van der Waals surface area contributed by atoms with E-state index in [2.05, 4.69) is 27.6 Å². The molecule has 0 saturated heterocycles. The van der Waals surface area contributed by atoms with Gasteiger partial charge in [-0.1, -0.05) is 103 Å². The summed E-state index contributed by atoms with van der Waals surface area (Å²) in [6, 6.07) is 0. The van der Waals surface area contributed by atoms with E-state index >= 15 is 0 Å². The van der Waals surface area contributed by atoms with E-state index in [1.54, 1.807) is 0 Å². The monoisotopic (exact) mass is 611 g/mol. The topological polar surface area (TPSA) is 108 Å². The van der Waals surface area contributed by atoms with Crippen LogP contribution in [0.4, 0.5) is 0 Å². The van der Waals surface area contributed by atoms with E-state index in [-0.39, 0.29) is 18.2 Å². The quantitative estimate of drug-likeness (QED) is 0.0549. The molecule has 244 valence electrons. The van der Waals surface area contributed by atoms with Crippen molar-refractivity contribution < 1.29 is 8.42 Å². The largest absolute Gasteiger partial charge is 0.330 e. The van der Waals surface area contributed by atoms with E-state index < -0.39 is 10.0 Å². The smallest absolute Gasteiger partial charge is 0.211 e. The molecule has 9 heteroatoms. The summed E-state index contributed by atoms with van der Waals surface area (Å²) in [5.41, 5.74) is 5.47. The summed E-state index contributed by atoms with van der Waals surface area (Å²) in [7, 11) is -3.12. The first-order valence-corrected chi connectivity index (χ1v) is 18.6. The number of rotatable bonds is 34. The predicted octanol–water partition coefficient (Wildman–Crippen LogP) is 6.27. The van der Waals surface area contributed by atoms with Crippen molar-refractivity contribution in [2.24, 2.45) is 5.73 Å². The molecule has 0 aliphatic carbocycles. The summed E-state index contributed by atoms with van der Waals surface area (Å²) in [5.74, 6) is 0.272. The molecule has 0 aromatic heterocycles. The minimum atomic E-state index is -3.12. The molecule has 0 aromatic rings. The molecule has 0 aliphatic rings. The van der Waals surface area contributed by atoms with Crippen LogP contribution in [0.25, 0.3) is 0 Å². The first-order valence-electron chi connectivity index (χ1n) is 16.9. The number of nitrogens with two attached hydrogens (primary N) is 1. The third kappa shape index (κ3) is 36.1. The molecule has 0 aliphatic heterocycles. The maximum atomic E-state index is 12.2. The molecule has 0 saturated carbocycles. The van der Waals surface area contributed by atoms with Gasteiger partial charge in [-0.2, -0.15) is 0 Å². The van der Waals surface area contributed by atoms with E-state index in [9.17, 15) is 8.42 Å². The van der Waals surface area contributed by atoms with Crippen molar-refractivity contribution in [1.82, 2.24) is 20.7 Å². The number of unbranched alkanes of at least 4 members (excludes halogenated alkanes) is 16. The third-order valence-corrected chi connectivity index (χ3v) is 8.81. The Morgan fingerprint density at radius 1 is 0.450 bits per heavy atom. The summed E-state index contributed by atoms with van der Waals surface area (Å²) in [5, 5.41) is 10.3. The first-order chi connectivity index (χ1) is 19.1. The fourth-order valence-electron chi connectivity index (χ4n) is 4.79. The Labute approximate surface area is 256 Å². The molecule has 0 heterocycles. The average Bonchev–Trinajstić information content (AvgIpc) is 2.92. The molecule has 0 aromatic carbocycles. The van der Waals surface area contributed by atoms with Gasteiger partial charge in [0.15, 0.2) is 0 Å². The van der Waals surface area contributed by atoms with Crippen molar-refractivity contribution >= 4 is 22.4 Å². The van der Waals surface area contributed by atoms with Crippen molar-refractivity contribution in [3.05, 3.63) is 0 Å². The average molecular weight is 612 g/mol. The van der Waals surface area contributed by atoms with Crippen LogP contribution in [0.3, 0.4) is 0 Å². The highest BCUT2D eigenvalue weighted by Gasteiger charge is 2.08. The molecule has 40 heavy (non-hydrogen) atoms. The van der Waals surface area contributed by atoms with Gasteiger partial charge < -0.3 is 21.7 Å². The van der Waals surface area contributed by atoms with Gasteiger partial charge in [0.05, 0.1) is 5.75 Å². The predicted molar refractivity (Wildman–Crippen MR) is 179 cm³/mol. The molecule has 0 bridgehead atoms. The van der Waals surface area contributed by atoms with Gasteiger partial charge >= 0.3 is 0 Å². The van der Waals surface area contributed by atoms with Gasteiger partial charge in [-0.15, -0.1) is 12.4 Å². The molecule has 0 amide bonds. The highest BCUT2D eigenvalue weighted by Crippen LogP contribution is 2.13. The van der Waals surface area contributed by atoms with Crippen molar-refractivity contribution in [2.45, 2.75) is 142 Å². The van der Waals surface area contributed by atoms with Crippen LogP contribution >= 0.6 is 12.4 Å². The lowest BCUT2D eigenvalue weighted by Crippen LogP contribution is -2.30. The van der Waals surface area contributed by atoms with Crippen LogP contribution in [0.1, 0.15) is 142 Å². The van der Waals surface area contributed by atoms with Crippen molar-refractivity contribution in [3.63, 3.8) is 0 Å². The van der Waals surface area contributed by atoms with Crippen LogP contribution in [0, 0.1) is 0 Å². The Morgan fingerprint density at radius 2 is 0.800 bits per heavy atom. The Bertz CT molecular complexity index is 528. The van der Waals surface area contributed by atoms with Crippen molar-refractivity contribution in [1.29, 1.82) is 0 Å². The van der Waals surface area contributed by atoms with E-state index in [0.29, 0.717) is 6.54 Å². The zero-order valence-electron chi connectivity index (χ0n) is 26.4. The fourth-order valence-corrected chi connectivity index (χ4v) is 5.98. The first kappa shape index (κ1) is 42.2. The maximum Gasteiger partial charge on any atom is 0.211 e. The number of halogens is 1. The van der Waals surface area contributed by atoms with Gasteiger partial charge in [0.2, 0.25) is 10.0 Å². The van der Waals surface area contributed by atoms with Crippen LogP contribution in [-0.4, -0.2) is 66.5 Å². The lowest BCUT2D eigenvalue weighted by atomic mass is 10.0. The molecule has 7 nitrogen and oxygen atoms in total. The molecule has 0 spiro atoms. The van der Waals surface area contributed by atoms with Crippen molar-refractivity contribution in [2.75, 3.05) is 58.1 Å². The van der Waals surface area contributed by atoms with E-state index in [1.165, 1.54) is 103 Å². The highest BCUT2D eigenvalue weighted by atomic mass is 35.5. The van der Waals surface area contributed by atoms with Crippen LogP contribution < -0.4 is 26.4 Å². The Hall–Kier alpha value is 0.0400. The van der Waals surface area contributed by atoms with E-state index in [4.69, 9.17) is 5.73 Å². The lowest BCUT2D eigenvalue weighted by molar-refractivity contribution is 0.530. The summed E-state index contributed by atoms with van der Waals surface area (Å²) < 4.78 is 27.1. The molecule has 0 radical (unpaired) electrons. The Balaban J connectivity index is 0. The molecule has 0 atom stereocenters. The van der Waals surface area contributed by atoms with Crippen molar-refractivity contribution in [3.8, 4) is 0 Å². The summed E-state index contributed by atoms with van der Waals surface area (Å²) in [4.78, 5) is 0. The van der Waals surface area contributed by atoms with E-state index in [1.807, 2.05) is 0 Å². The van der Waals surface area contributed by atoms with Gasteiger partial charge in [0, 0.05) is 6.54 Å². The SMILES string of the molecule is CCCCCCCCCCCCCCCCCCS(=O)(=O)NCCCNCCCNCCCCNCCCN.Cl. The minimum absolute atomic E-state index is 0. The van der Waals surface area contributed by atoms with Gasteiger partial charge in [-0.3, -0.25) is 0 Å². The second-order valence-corrected chi connectivity index (χ2v) is 13.2. The van der Waals surface area contributed by atoms with Crippen LogP contribution in [0.2, 0.25) is 0 Å².